The van der Waals surface area contributed by atoms with Gasteiger partial charge in [0.25, 0.3) is 5.91 Å². The molecule has 3 N–H and O–H groups in total. The number of carbonyl (C=O) groups excluding carboxylic acids is 1. The number of nitrogens with zero attached hydrogens (tertiary/aromatic N) is 1. The van der Waals surface area contributed by atoms with E-state index in [0.29, 0.717) is 22.0 Å². The first kappa shape index (κ1) is 15.2. The molecular formula is C16H18ClN3O. The summed E-state index contributed by atoms with van der Waals surface area (Å²) in [6.07, 6.45) is 0. The predicted molar refractivity (Wildman–Crippen MR) is 89.3 cm³/mol. The van der Waals surface area contributed by atoms with Crippen molar-refractivity contribution in [1.29, 1.82) is 0 Å². The molecule has 1 amide bonds. The SMILES string of the molecule is Cc1c(Cl)cccc1NC(=O)c1cc(N)ccc1N(C)C. The molecule has 21 heavy (non-hydrogen) atoms. The molecule has 0 saturated carbocycles. The van der Waals surface area contributed by atoms with E-state index in [1.165, 1.54) is 0 Å². The molecule has 110 valence electrons. The maximum atomic E-state index is 12.5. The summed E-state index contributed by atoms with van der Waals surface area (Å²) < 4.78 is 0. The molecule has 0 aliphatic rings. The van der Waals surface area contributed by atoms with Gasteiger partial charge in [-0.1, -0.05) is 17.7 Å². The van der Waals surface area contributed by atoms with Crippen molar-refractivity contribution in [2.75, 3.05) is 30.0 Å². The first-order valence-electron chi connectivity index (χ1n) is 6.53. The molecule has 0 heterocycles. The highest BCUT2D eigenvalue weighted by molar-refractivity contribution is 6.31. The average molecular weight is 304 g/mol. The van der Waals surface area contributed by atoms with Gasteiger partial charge in [-0.15, -0.1) is 0 Å². The van der Waals surface area contributed by atoms with Crippen molar-refractivity contribution in [3.63, 3.8) is 0 Å². The van der Waals surface area contributed by atoms with Gasteiger partial charge in [-0.25, -0.2) is 0 Å². The van der Waals surface area contributed by atoms with Crippen LogP contribution in [0.4, 0.5) is 17.1 Å². The molecule has 0 bridgehead atoms. The number of benzene rings is 2. The van der Waals surface area contributed by atoms with Gasteiger partial charge in [-0.05, 0) is 42.8 Å². The molecule has 0 aliphatic carbocycles. The minimum atomic E-state index is -0.212. The van der Waals surface area contributed by atoms with E-state index in [2.05, 4.69) is 5.32 Å². The number of nitrogens with two attached hydrogens (primary N) is 1. The third-order valence-corrected chi connectivity index (χ3v) is 3.67. The van der Waals surface area contributed by atoms with E-state index in [0.717, 1.165) is 11.3 Å². The second-order valence-electron chi connectivity index (χ2n) is 5.04. The summed E-state index contributed by atoms with van der Waals surface area (Å²) in [4.78, 5) is 14.4. The lowest BCUT2D eigenvalue weighted by Gasteiger charge is -2.18. The quantitative estimate of drug-likeness (QED) is 0.853. The molecule has 0 radical (unpaired) electrons. The summed E-state index contributed by atoms with van der Waals surface area (Å²) in [5.41, 5.74) is 9.21. The summed E-state index contributed by atoms with van der Waals surface area (Å²) in [7, 11) is 3.76. The zero-order valence-electron chi connectivity index (χ0n) is 12.3. The van der Waals surface area contributed by atoms with Gasteiger partial charge < -0.3 is 16.0 Å². The number of nitrogen functional groups attached to an aromatic ring is 1. The molecule has 0 aliphatic heterocycles. The molecule has 0 atom stereocenters. The number of carbonyl (C=O) groups is 1. The Bertz CT molecular complexity index is 683. The van der Waals surface area contributed by atoms with Crippen LogP contribution >= 0.6 is 11.6 Å². The van der Waals surface area contributed by atoms with Crippen molar-refractivity contribution in [3.05, 3.63) is 52.5 Å². The van der Waals surface area contributed by atoms with Crippen LogP contribution in [-0.2, 0) is 0 Å². The molecule has 0 unspecified atom stereocenters. The van der Waals surface area contributed by atoms with E-state index in [4.69, 9.17) is 17.3 Å². The fourth-order valence-electron chi connectivity index (χ4n) is 2.06. The van der Waals surface area contributed by atoms with Crippen LogP contribution in [0.3, 0.4) is 0 Å². The van der Waals surface area contributed by atoms with Crippen LogP contribution in [0.5, 0.6) is 0 Å². The van der Waals surface area contributed by atoms with Crippen molar-refractivity contribution >= 4 is 34.6 Å². The molecule has 2 aromatic carbocycles. The van der Waals surface area contributed by atoms with Crippen molar-refractivity contribution in [3.8, 4) is 0 Å². The summed E-state index contributed by atoms with van der Waals surface area (Å²) >= 11 is 6.07. The number of hydrogen-bond acceptors (Lipinski definition) is 3. The summed E-state index contributed by atoms with van der Waals surface area (Å²) in [6.45, 7) is 1.87. The van der Waals surface area contributed by atoms with E-state index in [1.54, 1.807) is 24.3 Å². The molecule has 2 aromatic rings. The van der Waals surface area contributed by atoms with Crippen LogP contribution in [0.1, 0.15) is 15.9 Å². The Morgan fingerprint density at radius 2 is 1.95 bits per heavy atom. The molecule has 0 saturated heterocycles. The van der Waals surface area contributed by atoms with Crippen LogP contribution in [0.15, 0.2) is 36.4 Å². The molecular weight excluding hydrogens is 286 g/mol. The lowest BCUT2D eigenvalue weighted by molar-refractivity contribution is 0.102. The maximum Gasteiger partial charge on any atom is 0.257 e. The minimum Gasteiger partial charge on any atom is -0.399 e. The monoisotopic (exact) mass is 303 g/mol. The third-order valence-electron chi connectivity index (χ3n) is 3.26. The molecule has 4 nitrogen and oxygen atoms in total. The summed E-state index contributed by atoms with van der Waals surface area (Å²) in [5, 5.41) is 3.50. The maximum absolute atomic E-state index is 12.5. The number of nitrogens with one attached hydrogen (secondary N) is 1. The Balaban J connectivity index is 2.37. The van der Waals surface area contributed by atoms with Gasteiger partial charge in [0.15, 0.2) is 0 Å². The zero-order chi connectivity index (χ0) is 15.6. The highest BCUT2D eigenvalue weighted by atomic mass is 35.5. The first-order valence-corrected chi connectivity index (χ1v) is 6.91. The van der Waals surface area contributed by atoms with E-state index in [9.17, 15) is 4.79 Å². The van der Waals surface area contributed by atoms with E-state index in [1.807, 2.05) is 38.1 Å². The molecule has 0 spiro atoms. The van der Waals surface area contributed by atoms with Gasteiger partial charge in [0, 0.05) is 36.2 Å². The lowest BCUT2D eigenvalue weighted by Crippen LogP contribution is -2.19. The third kappa shape index (κ3) is 3.28. The van der Waals surface area contributed by atoms with Crippen LogP contribution in [0, 0.1) is 6.92 Å². The zero-order valence-corrected chi connectivity index (χ0v) is 13.0. The summed E-state index contributed by atoms with van der Waals surface area (Å²) in [5.74, 6) is -0.212. The normalized spacial score (nSPS) is 10.3. The Morgan fingerprint density at radius 1 is 1.24 bits per heavy atom. The predicted octanol–water partition coefficient (Wildman–Crippen LogP) is 3.55. The smallest absolute Gasteiger partial charge is 0.257 e. The van der Waals surface area contributed by atoms with Crippen molar-refractivity contribution < 1.29 is 4.79 Å². The lowest BCUT2D eigenvalue weighted by atomic mass is 10.1. The number of rotatable bonds is 3. The average Bonchev–Trinajstić information content (AvgIpc) is 2.43. The van der Waals surface area contributed by atoms with E-state index in [-0.39, 0.29) is 5.91 Å². The van der Waals surface area contributed by atoms with Crippen LogP contribution < -0.4 is 16.0 Å². The standard InChI is InChI=1S/C16H18ClN3O/c1-10-13(17)5-4-6-14(10)19-16(21)12-9-11(18)7-8-15(12)20(2)3/h4-9H,18H2,1-3H3,(H,19,21). The van der Waals surface area contributed by atoms with Crippen LogP contribution in [0.25, 0.3) is 0 Å². The van der Waals surface area contributed by atoms with E-state index >= 15 is 0 Å². The minimum absolute atomic E-state index is 0.212. The molecule has 5 heteroatoms. The second-order valence-corrected chi connectivity index (χ2v) is 5.44. The van der Waals surface area contributed by atoms with Crippen LogP contribution in [-0.4, -0.2) is 20.0 Å². The largest absolute Gasteiger partial charge is 0.399 e. The second kappa shape index (κ2) is 6.06. The van der Waals surface area contributed by atoms with Crippen LogP contribution in [0.2, 0.25) is 5.02 Å². The molecule has 0 fully saturated rings. The van der Waals surface area contributed by atoms with E-state index < -0.39 is 0 Å². The van der Waals surface area contributed by atoms with Gasteiger partial charge in [-0.2, -0.15) is 0 Å². The number of anilines is 3. The highest BCUT2D eigenvalue weighted by Crippen LogP contribution is 2.26. The van der Waals surface area contributed by atoms with Gasteiger partial charge in [0.05, 0.1) is 5.56 Å². The Hall–Kier alpha value is -2.20. The van der Waals surface area contributed by atoms with Gasteiger partial charge in [0.2, 0.25) is 0 Å². The Morgan fingerprint density at radius 3 is 2.62 bits per heavy atom. The fraction of sp³-hybridized carbons (Fsp3) is 0.188. The topological polar surface area (TPSA) is 58.4 Å². The number of hydrogen-bond donors (Lipinski definition) is 2. The van der Waals surface area contributed by atoms with Gasteiger partial charge >= 0.3 is 0 Å². The van der Waals surface area contributed by atoms with Gasteiger partial charge in [-0.3, -0.25) is 4.79 Å². The van der Waals surface area contributed by atoms with Crippen molar-refractivity contribution in [1.82, 2.24) is 0 Å². The number of halogens is 1. The highest BCUT2D eigenvalue weighted by Gasteiger charge is 2.15. The first-order chi connectivity index (χ1) is 9.90. The fourth-order valence-corrected chi connectivity index (χ4v) is 2.23. The Kier molecular flexibility index (Phi) is 4.38. The number of amides is 1. The van der Waals surface area contributed by atoms with Gasteiger partial charge in [0.1, 0.15) is 0 Å². The molecule has 0 aromatic heterocycles. The molecule has 2 rings (SSSR count). The summed E-state index contributed by atoms with van der Waals surface area (Å²) in [6, 6.07) is 10.7. The van der Waals surface area contributed by atoms with Crippen molar-refractivity contribution in [2.45, 2.75) is 6.92 Å². The van der Waals surface area contributed by atoms with Crippen molar-refractivity contribution in [2.24, 2.45) is 0 Å². The Labute approximate surface area is 129 Å².